The summed E-state index contributed by atoms with van der Waals surface area (Å²) >= 11 is 0. The fourth-order valence-electron chi connectivity index (χ4n) is 1.03. The van der Waals surface area contributed by atoms with Crippen LogP contribution in [0.15, 0.2) is 31.5 Å². The second-order valence-corrected chi connectivity index (χ2v) is 2.45. The number of hydrogen-bond acceptors (Lipinski definition) is 2. The SMILES string of the molecule is C=CCc1nc(O)cn1CC=C. The molecule has 1 aromatic heterocycles. The first-order chi connectivity index (χ1) is 5.77. The van der Waals surface area contributed by atoms with Gasteiger partial charge in [-0.15, -0.1) is 13.2 Å². The second kappa shape index (κ2) is 3.76. The zero-order valence-corrected chi connectivity index (χ0v) is 6.90. The minimum atomic E-state index is 0.0497. The van der Waals surface area contributed by atoms with Crippen LogP contribution in [-0.2, 0) is 13.0 Å². The molecule has 0 bridgehead atoms. The summed E-state index contributed by atoms with van der Waals surface area (Å²) in [4.78, 5) is 3.92. The lowest BCUT2D eigenvalue weighted by Crippen LogP contribution is -1.99. The summed E-state index contributed by atoms with van der Waals surface area (Å²) in [6.07, 6.45) is 5.75. The molecule has 3 nitrogen and oxygen atoms in total. The van der Waals surface area contributed by atoms with Crippen molar-refractivity contribution in [3.05, 3.63) is 37.3 Å². The van der Waals surface area contributed by atoms with E-state index in [1.165, 1.54) is 0 Å². The van der Waals surface area contributed by atoms with Crippen molar-refractivity contribution in [1.82, 2.24) is 9.55 Å². The van der Waals surface area contributed by atoms with E-state index >= 15 is 0 Å². The lowest BCUT2D eigenvalue weighted by atomic mass is 10.4. The maximum Gasteiger partial charge on any atom is 0.229 e. The number of allylic oxidation sites excluding steroid dienone is 2. The smallest absolute Gasteiger partial charge is 0.229 e. The van der Waals surface area contributed by atoms with Crippen molar-refractivity contribution < 1.29 is 5.11 Å². The third-order valence-electron chi connectivity index (χ3n) is 1.50. The van der Waals surface area contributed by atoms with Crippen molar-refractivity contribution in [3.63, 3.8) is 0 Å². The first kappa shape index (κ1) is 8.59. The highest BCUT2D eigenvalue weighted by Crippen LogP contribution is 2.09. The van der Waals surface area contributed by atoms with E-state index in [1.807, 2.05) is 4.57 Å². The van der Waals surface area contributed by atoms with Gasteiger partial charge in [-0.1, -0.05) is 12.2 Å². The van der Waals surface area contributed by atoms with E-state index in [1.54, 1.807) is 18.3 Å². The predicted molar refractivity (Wildman–Crippen MR) is 48.0 cm³/mol. The number of rotatable bonds is 4. The number of hydrogen-bond donors (Lipinski definition) is 1. The van der Waals surface area contributed by atoms with Crippen molar-refractivity contribution >= 4 is 0 Å². The highest BCUT2D eigenvalue weighted by atomic mass is 16.3. The van der Waals surface area contributed by atoms with E-state index in [2.05, 4.69) is 18.1 Å². The lowest BCUT2D eigenvalue weighted by molar-refractivity contribution is 0.455. The van der Waals surface area contributed by atoms with Gasteiger partial charge in [-0.25, -0.2) is 0 Å². The molecule has 64 valence electrons. The molecule has 1 aromatic rings. The molecule has 1 rings (SSSR count). The van der Waals surface area contributed by atoms with Crippen LogP contribution >= 0.6 is 0 Å². The molecule has 0 aromatic carbocycles. The maximum absolute atomic E-state index is 9.09. The van der Waals surface area contributed by atoms with Gasteiger partial charge in [-0.3, -0.25) is 0 Å². The Morgan fingerprint density at radius 1 is 1.50 bits per heavy atom. The first-order valence-corrected chi connectivity index (χ1v) is 3.74. The molecule has 0 saturated heterocycles. The Bertz CT molecular complexity index is 261. The minimum absolute atomic E-state index is 0.0497. The van der Waals surface area contributed by atoms with Gasteiger partial charge in [0.25, 0.3) is 0 Å². The van der Waals surface area contributed by atoms with E-state index in [0.29, 0.717) is 13.0 Å². The molecule has 0 aliphatic carbocycles. The predicted octanol–water partition coefficient (Wildman–Crippen LogP) is 1.50. The van der Waals surface area contributed by atoms with Gasteiger partial charge in [0.2, 0.25) is 5.88 Å². The quantitative estimate of drug-likeness (QED) is 0.685. The van der Waals surface area contributed by atoms with E-state index in [4.69, 9.17) is 5.11 Å². The summed E-state index contributed by atoms with van der Waals surface area (Å²) in [6.45, 7) is 7.88. The third-order valence-corrected chi connectivity index (χ3v) is 1.50. The van der Waals surface area contributed by atoms with Crippen molar-refractivity contribution in [2.75, 3.05) is 0 Å². The van der Waals surface area contributed by atoms with Gasteiger partial charge >= 0.3 is 0 Å². The topological polar surface area (TPSA) is 38.1 Å². The molecule has 1 heterocycles. The average Bonchev–Trinajstić information content (AvgIpc) is 2.33. The molecule has 12 heavy (non-hydrogen) atoms. The summed E-state index contributed by atoms with van der Waals surface area (Å²) < 4.78 is 1.84. The Labute approximate surface area is 71.7 Å². The normalized spacial score (nSPS) is 9.67. The Morgan fingerprint density at radius 2 is 2.25 bits per heavy atom. The molecule has 0 atom stereocenters. The van der Waals surface area contributed by atoms with Gasteiger partial charge < -0.3 is 9.67 Å². The van der Waals surface area contributed by atoms with Crippen LogP contribution in [0, 0.1) is 0 Å². The zero-order valence-electron chi connectivity index (χ0n) is 6.90. The van der Waals surface area contributed by atoms with Crippen molar-refractivity contribution in [3.8, 4) is 5.88 Å². The van der Waals surface area contributed by atoms with Crippen LogP contribution < -0.4 is 0 Å². The highest BCUT2D eigenvalue weighted by molar-refractivity contribution is 5.10. The molecule has 0 unspecified atom stereocenters. The number of aromatic hydroxyl groups is 1. The van der Waals surface area contributed by atoms with Gasteiger partial charge in [0, 0.05) is 13.0 Å². The molecule has 0 saturated carbocycles. The molecule has 3 heteroatoms. The van der Waals surface area contributed by atoms with Crippen LogP contribution in [0.3, 0.4) is 0 Å². The van der Waals surface area contributed by atoms with Crippen LogP contribution in [0.4, 0.5) is 0 Å². The van der Waals surface area contributed by atoms with Crippen LogP contribution in [-0.4, -0.2) is 14.7 Å². The summed E-state index contributed by atoms with van der Waals surface area (Å²) in [5, 5.41) is 9.09. The molecule has 0 amide bonds. The standard InChI is InChI=1S/C9H12N2O/c1-3-5-8-10-9(12)7-11(8)6-4-2/h3-4,7,12H,1-2,5-6H2. The number of imidazole rings is 1. The Kier molecular flexibility index (Phi) is 2.69. The highest BCUT2D eigenvalue weighted by Gasteiger charge is 2.02. The van der Waals surface area contributed by atoms with Crippen LogP contribution in [0.1, 0.15) is 5.82 Å². The van der Waals surface area contributed by atoms with Crippen LogP contribution in [0.2, 0.25) is 0 Å². The zero-order chi connectivity index (χ0) is 8.97. The van der Waals surface area contributed by atoms with Crippen molar-refractivity contribution in [2.45, 2.75) is 13.0 Å². The molecule has 0 aliphatic heterocycles. The van der Waals surface area contributed by atoms with Crippen molar-refractivity contribution in [1.29, 1.82) is 0 Å². The monoisotopic (exact) mass is 164 g/mol. The van der Waals surface area contributed by atoms with Crippen molar-refractivity contribution in [2.24, 2.45) is 0 Å². The molecule has 0 radical (unpaired) electrons. The van der Waals surface area contributed by atoms with E-state index in [-0.39, 0.29) is 5.88 Å². The van der Waals surface area contributed by atoms with E-state index in [9.17, 15) is 0 Å². The summed E-state index contributed by atoms with van der Waals surface area (Å²) in [6, 6.07) is 0. The van der Waals surface area contributed by atoms with Gasteiger partial charge in [0.15, 0.2) is 0 Å². The molecular weight excluding hydrogens is 152 g/mol. The summed E-state index contributed by atoms with van der Waals surface area (Å²) in [5.74, 6) is 0.858. The maximum atomic E-state index is 9.09. The summed E-state index contributed by atoms with van der Waals surface area (Å²) in [7, 11) is 0. The molecule has 1 N–H and O–H groups in total. The van der Waals surface area contributed by atoms with Gasteiger partial charge in [-0.2, -0.15) is 4.98 Å². The fraction of sp³-hybridized carbons (Fsp3) is 0.222. The fourth-order valence-corrected chi connectivity index (χ4v) is 1.03. The minimum Gasteiger partial charge on any atom is -0.492 e. The molecule has 0 aliphatic rings. The van der Waals surface area contributed by atoms with E-state index in [0.717, 1.165) is 5.82 Å². The van der Waals surface area contributed by atoms with Gasteiger partial charge in [0.05, 0.1) is 6.20 Å². The molecule has 0 spiro atoms. The number of nitrogens with zero attached hydrogens (tertiary/aromatic N) is 2. The Balaban J connectivity index is 2.90. The summed E-state index contributed by atoms with van der Waals surface area (Å²) in [5.41, 5.74) is 0. The largest absolute Gasteiger partial charge is 0.492 e. The van der Waals surface area contributed by atoms with Gasteiger partial charge in [0.1, 0.15) is 5.82 Å². The van der Waals surface area contributed by atoms with Crippen LogP contribution in [0.5, 0.6) is 5.88 Å². The number of aromatic nitrogens is 2. The van der Waals surface area contributed by atoms with Gasteiger partial charge in [-0.05, 0) is 0 Å². The average molecular weight is 164 g/mol. The molecular formula is C9H12N2O. The Hall–Kier alpha value is -1.51. The lowest BCUT2D eigenvalue weighted by Gasteiger charge is -1.99. The first-order valence-electron chi connectivity index (χ1n) is 3.74. The van der Waals surface area contributed by atoms with Crippen LogP contribution in [0.25, 0.3) is 0 Å². The third kappa shape index (κ3) is 1.75. The molecule has 0 fully saturated rings. The van der Waals surface area contributed by atoms with E-state index < -0.39 is 0 Å². The Morgan fingerprint density at radius 3 is 2.83 bits per heavy atom. The second-order valence-electron chi connectivity index (χ2n) is 2.45.